The molecule has 0 radical (unpaired) electrons. The van der Waals surface area contributed by atoms with Crippen LogP contribution in [0.2, 0.25) is 5.02 Å². The maximum atomic E-state index is 12.2. The summed E-state index contributed by atoms with van der Waals surface area (Å²) in [7, 11) is 0. The van der Waals surface area contributed by atoms with Gasteiger partial charge in [0.2, 0.25) is 11.8 Å². The molecule has 0 spiro atoms. The lowest BCUT2D eigenvalue weighted by molar-refractivity contribution is -0.122. The van der Waals surface area contributed by atoms with Crippen molar-refractivity contribution < 1.29 is 14.7 Å². The summed E-state index contributed by atoms with van der Waals surface area (Å²) in [6.45, 7) is 3.20. The Kier molecular flexibility index (Phi) is 4.12. The summed E-state index contributed by atoms with van der Waals surface area (Å²) in [6, 6.07) is 4.85. The fraction of sp³-hybridized carbons (Fsp3) is 0.333. The van der Waals surface area contributed by atoms with E-state index in [2.05, 4.69) is 11.8 Å². The summed E-state index contributed by atoms with van der Waals surface area (Å²) in [4.78, 5) is 25.5. The molecule has 2 rings (SSSR count). The molecule has 5 heteroatoms. The Bertz CT molecular complexity index is 610. The van der Waals surface area contributed by atoms with E-state index in [1.807, 2.05) is 0 Å². The Balaban J connectivity index is 2.47. The molecule has 1 saturated heterocycles. The predicted octanol–water partition coefficient (Wildman–Crippen LogP) is 1.83. The largest absolute Gasteiger partial charge is 0.384 e. The number of aliphatic hydroxyl groups is 1. The third kappa shape index (κ3) is 2.43. The van der Waals surface area contributed by atoms with Crippen LogP contribution in [0.5, 0.6) is 0 Å². The van der Waals surface area contributed by atoms with Crippen molar-refractivity contribution in [1.29, 1.82) is 0 Å². The van der Waals surface area contributed by atoms with Crippen LogP contribution in [0.15, 0.2) is 18.2 Å². The minimum absolute atomic E-state index is 0.253. The van der Waals surface area contributed by atoms with E-state index in [4.69, 9.17) is 16.7 Å². The molecule has 1 aliphatic heterocycles. The van der Waals surface area contributed by atoms with E-state index in [0.717, 1.165) is 4.90 Å². The molecule has 20 heavy (non-hydrogen) atoms. The first-order valence-corrected chi connectivity index (χ1v) is 6.62. The second-order valence-corrected chi connectivity index (χ2v) is 5.12. The highest BCUT2D eigenvalue weighted by molar-refractivity contribution is 6.36. The molecule has 0 bridgehead atoms. The Morgan fingerprint density at radius 3 is 2.40 bits per heavy atom. The lowest BCUT2D eigenvalue weighted by atomic mass is 10.00. The summed E-state index contributed by atoms with van der Waals surface area (Å²) < 4.78 is 0. The molecule has 1 N–H and O–H groups in total. The van der Waals surface area contributed by atoms with Gasteiger partial charge in [-0.05, 0) is 18.2 Å². The average Bonchev–Trinajstić information content (AvgIpc) is 2.63. The topological polar surface area (TPSA) is 57.6 Å². The van der Waals surface area contributed by atoms with E-state index in [-0.39, 0.29) is 30.3 Å². The van der Waals surface area contributed by atoms with Gasteiger partial charge in [-0.2, -0.15) is 0 Å². The van der Waals surface area contributed by atoms with Crippen molar-refractivity contribution in [1.82, 2.24) is 0 Å². The number of carbonyl (C=O) groups is 2. The first-order valence-electron chi connectivity index (χ1n) is 6.24. The molecule has 2 atom stereocenters. The van der Waals surface area contributed by atoms with E-state index in [0.29, 0.717) is 16.3 Å². The van der Waals surface area contributed by atoms with E-state index in [9.17, 15) is 9.59 Å². The number of hydrogen-bond acceptors (Lipinski definition) is 3. The summed E-state index contributed by atoms with van der Waals surface area (Å²) in [5.74, 6) is 4.03. The molecule has 4 nitrogen and oxygen atoms in total. The highest BCUT2D eigenvalue weighted by atomic mass is 35.5. The van der Waals surface area contributed by atoms with Crippen LogP contribution in [0.1, 0.15) is 19.4 Å². The normalized spacial score (nSPS) is 21.9. The second-order valence-electron chi connectivity index (χ2n) is 4.72. The first kappa shape index (κ1) is 14.6. The summed E-state index contributed by atoms with van der Waals surface area (Å²) in [5, 5.41) is 9.02. The SMILES string of the molecule is CC1C(=O)N(c2cc(C#CCO)ccc2Cl)C(=O)C1C. The fourth-order valence-corrected chi connectivity index (χ4v) is 2.29. The number of rotatable bonds is 1. The number of imide groups is 1. The lowest BCUT2D eigenvalue weighted by Crippen LogP contribution is -2.30. The molecule has 1 heterocycles. The van der Waals surface area contributed by atoms with Crippen molar-refractivity contribution in [3.8, 4) is 11.8 Å². The van der Waals surface area contributed by atoms with Crippen LogP contribution in [0.4, 0.5) is 5.69 Å². The van der Waals surface area contributed by atoms with Gasteiger partial charge in [0.05, 0.1) is 10.7 Å². The molecular weight excluding hydrogens is 278 g/mol. The first-order chi connectivity index (χ1) is 9.47. The van der Waals surface area contributed by atoms with Gasteiger partial charge in [-0.25, -0.2) is 4.90 Å². The number of amides is 2. The molecule has 1 aliphatic rings. The van der Waals surface area contributed by atoms with Gasteiger partial charge in [-0.1, -0.05) is 37.3 Å². The van der Waals surface area contributed by atoms with Gasteiger partial charge in [0.1, 0.15) is 6.61 Å². The molecule has 104 valence electrons. The molecular formula is C15H14ClNO3. The van der Waals surface area contributed by atoms with E-state index in [1.54, 1.807) is 32.0 Å². The second kappa shape index (κ2) is 5.66. The van der Waals surface area contributed by atoms with Crippen LogP contribution in [0, 0.1) is 23.7 Å². The fourth-order valence-electron chi connectivity index (χ4n) is 2.08. The Morgan fingerprint density at radius 1 is 1.25 bits per heavy atom. The van der Waals surface area contributed by atoms with Crippen LogP contribution in [0.3, 0.4) is 0 Å². The van der Waals surface area contributed by atoms with Gasteiger partial charge >= 0.3 is 0 Å². The number of aliphatic hydroxyl groups excluding tert-OH is 1. The van der Waals surface area contributed by atoms with Gasteiger partial charge in [0.15, 0.2) is 0 Å². The van der Waals surface area contributed by atoms with Crippen molar-refractivity contribution in [2.45, 2.75) is 13.8 Å². The molecule has 1 fully saturated rings. The minimum Gasteiger partial charge on any atom is -0.384 e. The standard InChI is InChI=1S/C15H14ClNO3/c1-9-10(2)15(20)17(14(9)19)13-8-11(4-3-7-18)5-6-12(13)16/h5-6,8-10,18H,7H2,1-2H3. The zero-order valence-electron chi connectivity index (χ0n) is 11.2. The predicted molar refractivity (Wildman–Crippen MR) is 76.2 cm³/mol. The Labute approximate surface area is 122 Å². The summed E-state index contributed by atoms with van der Waals surface area (Å²) in [6.07, 6.45) is 0. The van der Waals surface area contributed by atoms with Crippen LogP contribution in [-0.4, -0.2) is 23.5 Å². The third-order valence-electron chi connectivity index (χ3n) is 3.47. The smallest absolute Gasteiger partial charge is 0.237 e. The van der Waals surface area contributed by atoms with Crippen LogP contribution in [0.25, 0.3) is 0 Å². The van der Waals surface area contributed by atoms with Gasteiger partial charge in [-0.15, -0.1) is 0 Å². The molecule has 0 aromatic heterocycles. The molecule has 2 amide bonds. The molecule has 1 aromatic rings. The highest BCUT2D eigenvalue weighted by Crippen LogP contribution is 2.35. The van der Waals surface area contributed by atoms with Crippen molar-refractivity contribution in [2.75, 3.05) is 11.5 Å². The lowest BCUT2D eigenvalue weighted by Gasteiger charge is -2.16. The average molecular weight is 292 g/mol. The number of carbonyl (C=O) groups excluding carboxylic acids is 2. The number of benzene rings is 1. The van der Waals surface area contributed by atoms with Crippen molar-refractivity contribution in [2.24, 2.45) is 11.8 Å². The number of halogens is 1. The van der Waals surface area contributed by atoms with Crippen LogP contribution < -0.4 is 4.90 Å². The Hall–Kier alpha value is -1.83. The highest BCUT2D eigenvalue weighted by Gasteiger charge is 2.43. The van der Waals surface area contributed by atoms with Gasteiger partial charge in [0.25, 0.3) is 0 Å². The van der Waals surface area contributed by atoms with Crippen molar-refractivity contribution in [3.05, 3.63) is 28.8 Å². The van der Waals surface area contributed by atoms with E-state index in [1.165, 1.54) is 0 Å². The van der Waals surface area contributed by atoms with Crippen LogP contribution in [-0.2, 0) is 9.59 Å². The number of anilines is 1. The minimum atomic E-state index is -0.356. The number of nitrogens with zero attached hydrogens (tertiary/aromatic N) is 1. The molecule has 2 unspecified atom stereocenters. The maximum absolute atomic E-state index is 12.2. The van der Waals surface area contributed by atoms with Crippen LogP contribution >= 0.6 is 11.6 Å². The van der Waals surface area contributed by atoms with E-state index < -0.39 is 0 Å². The molecule has 0 aliphatic carbocycles. The Morgan fingerprint density at radius 2 is 1.85 bits per heavy atom. The molecule has 0 saturated carbocycles. The monoisotopic (exact) mass is 291 g/mol. The zero-order chi connectivity index (χ0) is 14.9. The zero-order valence-corrected chi connectivity index (χ0v) is 11.9. The maximum Gasteiger partial charge on any atom is 0.237 e. The van der Waals surface area contributed by atoms with Gasteiger partial charge in [-0.3, -0.25) is 9.59 Å². The third-order valence-corrected chi connectivity index (χ3v) is 3.79. The van der Waals surface area contributed by atoms with Gasteiger partial charge < -0.3 is 5.11 Å². The summed E-state index contributed by atoms with van der Waals surface area (Å²) in [5.41, 5.74) is 0.939. The van der Waals surface area contributed by atoms with Crippen molar-refractivity contribution >= 4 is 29.1 Å². The summed E-state index contributed by atoms with van der Waals surface area (Å²) >= 11 is 6.09. The van der Waals surface area contributed by atoms with Crippen molar-refractivity contribution in [3.63, 3.8) is 0 Å². The quantitative estimate of drug-likeness (QED) is 0.634. The van der Waals surface area contributed by atoms with Gasteiger partial charge in [0, 0.05) is 17.4 Å². The number of hydrogen-bond donors (Lipinski definition) is 1. The van der Waals surface area contributed by atoms with E-state index >= 15 is 0 Å². The molecule has 1 aromatic carbocycles.